The second-order valence-electron chi connectivity index (χ2n) is 5.81. The predicted octanol–water partition coefficient (Wildman–Crippen LogP) is 4.73. The number of rotatable bonds is 6. The zero-order valence-electron chi connectivity index (χ0n) is 14.8. The maximum absolute atomic E-state index is 12.6. The van der Waals surface area contributed by atoms with Gasteiger partial charge in [-0.15, -0.1) is 10.2 Å². The average molecular weight is 385 g/mol. The first kappa shape index (κ1) is 18.4. The Labute approximate surface area is 161 Å². The number of aryl methyl sites for hydroxylation is 1. The number of nitrogens with zero attached hydrogens (tertiary/aromatic N) is 3. The van der Waals surface area contributed by atoms with Crippen molar-refractivity contribution in [2.45, 2.75) is 23.4 Å². The summed E-state index contributed by atoms with van der Waals surface area (Å²) in [6, 6.07) is 17.6. The summed E-state index contributed by atoms with van der Waals surface area (Å²) in [6.45, 7) is 3.93. The van der Waals surface area contributed by atoms with Crippen LogP contribution in [0.5, 0.6) is 0 Å². The van der Waals surface area contributed by atoms with Crippen LogP contribution in [-0.2, 0) is 4.79 Å². The number of para-hydroxylation sites is 2. The van der Waals surface area contributed by atoms with Crippen molar-refractivity contribution in [1.29, 1.82) is 0 Å². The molecule has 1 N–H and O–H groups in total. The van der Waals surface area contributed by atoms with Crippen molar-refractivity contribution in [2.75, 3.05) is 17.3 Å². The Kier molecular flexibility index (Phi) is 5.90. The quantitative estimate of drug-likeness (QED) is 0.623. The van der Waals surface area contributed by atoms with Crippen LogP contribution in [0.4, 0.5) is 16.5 Å². The van der Waals surface area contributed by atoms with Gasteiger partial charge >= 0.3 is 0 Å². The van der Waals surface area contributed by atoms with Gasteiger partial charge in [0.25, 0.3) is 0 Å². The van der Waals surface area contributed by atoms with Crippen molar-refractivity contribution in [3.05, 3.63) is 60.2 Å². The second kappa shape index (κ2) is 8.33. The van der Waals surface area contributed by atoms with Crippen LogP contribution in [0.3, 0.4) is 0 Å². The van der Waals surface area contributed by atoms with E-state index in [1.165, 1.54) is 23.1 Å². The van der Waals surface area contributed by atoms with Crippen LogP contribution in [-0.4, -0.2) is 28.4 Å². The SMILES string of the molecule is Cc1ccccc1Nc1nnc(S[C@H](C)C(=O)N(C)c2ccccc2)s1. The van der Waals surface area contributed by atoms with Crippen molar-refractivity contribution in [2.24, 2.45) is 0 Å². The summed E-state index contributed by atoms with van der Waals surface area (Å²) in [5.41, 5.74) is 3.03. The van der Waals surface area contributed by atoms with E-state index in [1.54, 1.807) is 11.9 Å². The third kappa shape index (κ3) is 4.42. The largest absolute Gasteiger partial charge is 0.330 e. The Balaban J connectivity index is 1.63. The molecule has 0 aliphatic carbocycles. The Hall–Kier alpha value is -2.38. The van der Waals surface area contributed by atoms with E-state index in [4.69, 9.17) is 0 Å². The number of nitrogens with one attached hydrogen (secondary N) is 1. The number of carbonyl (C=O) groups excluding carboxylic acids is 1. The monoisotopic (exact) mass is 384 g/mol. The van der Waals surface area contributed by atoms with E-state index in [9.17, 15) is 4.79 Å². The third-order valence-electron chi connectivity index (χ3n) is 3.89. The van der Waals surface area contributed by atoms with Crippen molar-refractivity contribution in [3.63, 3.8) is 0 Å². The standard InChI is InChI=1S/C19H20N4OS2/c1-13-9-7-8-12-16(13)20-18-21-22-19(26-18)25-14(2)17(24)23(3)15-10-5-4-6-11-15/h4-12,14H,1-3H3,(H,20,21)/t14-/m1/s1. The van der Waals surface area contributed by atoms with E-state index in [2.05, 4.69) is 15.5 Å². The van der Waals surface area contributed by atoms with Crippen LogP contribution in [0.25, 0.3) is 0 Å². The van der Waals surface area contributed by atoms with E-state index in [1.807, 2.05) is 68.4 Å². The van der Waals surface area contributed by atoms with Gasteiger partial charge in [-0.1, -0.05) is 59.5 Å². The maximum Gasteiger partial charge on any atom is 0.240 e. The first-order chi connectivity index (χ1) is 12.5. The molecule has 0 fully saturated rings. The minimum Gasteiger partial charge on any atom is -0.330 e. The Morgan fingerprint density at radius 3 is 2.54 bits per heavy atom. The molecule has 0 radical (unpaired) electrons. The highest BCUT2D eigenvalue weighted by Gasteiger charge is 2.21. The molecule has 134 valence electrons. The Bertz CT molecular complexity index is 882. The molecule has 0 unspecified atom stereocenters. The van der Waals surface area contributed by atoms with Crippen LogP contribution in [0.1, 0.15) is 12.5 Å². The summed E-state index contributed by atoms with van der Waals surface area (Å²) in [5, 5.41) is 12.1. The summed E-state index contributed by atoms with van der Waals surface area (Å²) in [5.74, 6) is 0.0322. The molecule has 0 saturated carbocycles. The highest BCUT2D eigenvalue weighted by Crippen LogP contribution is 2.32. The van der Waals surface area contributed by atoms with Crippen molar-refractivity contribution < 1.29 is 4.79 Å². The molecule has 2 aromatic carbocycles. The van der Waals surface area contributed by atoms with E-state index in [0.717, 1.165) is 26.4 Å². The topological polar surface area (TPSA) is 58.1 Å². The molecule has 7 heteroatoms. The lowest BCUT2D eigenvalue weighted by Crippen LogP contribution is -2.33. The fourth-order valence-electron chi connectivity index (χ4n) is 2.39. The van der Waals surface area contributed by atoms with Gasteiger partial charge in [-0.05, 0) is 37.6 Å². The minimum atomic E-state index is -0.250. The zero-order valence-corrected chi connectivity index (χ0v) is 16.5. The molecule has 3 rings (SSSR count). The summed E-state index contributed by atoms with van der Waals surface area (Å²) in [6.07, 6.45) is 0. The number of hydrogen-bond donors (Lipinski definition) is 1. The normalized spacial score (nSPS) is 11.8. The number of thioether (sulfide) groups is 1. The van der Waals surface area contributed by atoms with Gasteiger partial charge in [-0.25, -0.2) is 0 Å². The van der Waals surface area contributed by atoms with Gasteiger partial charge in [0.15, 0.2) is 4.34 Å². The summed E-state index contributed by atoms with van der Waals surface area (Å²) in [4.78, 5) is 14.3. The fraction of sp³-hybridized carbons (Fsp3) is 0.211. The van der Waals surface area contributed by atoms with Crippen molar-refractivity contribution >= 4 is 45.5 Å². The average Bonchev–Trinajstić information content (AvgIpc) is 3.10. The smallest absolute Gasteiger partial charge is 0.240 e. The van der Waals surface area contributed by atoms with E-state index < -0.39 is 0 Å². The molecule has 1 aromatic heterocycles. The summed E-state index contributed by atoms with van der Waals surface area (Å²) >= 11 is 2.87. The molecular weight excluding hydrogens is 364 g/mol. The lowest BCUT2D eigenvalue weighted by molar-refractivity contribution is -0.117. The minimum absolute atomic E-state index is 0.0322. The first-order valence-corrected chi connectivity index (χ1v) is 9.89. The molecule has 3 aromatic rings. The number of amides is 1. The predicted molar refractivity (Wildman–Crippen MR) is 110 cm³/mol. The lowest BCUT2D eigenvalue weighted by atomic mass is 10.2. The first-order valence-electron chi connectivity index (χ1n) is 8.20. The molecular formula is C19H20N4OS2. The van der Waals surface area contributed by atoms with Crippen LogP contribution < -0.4 is 10.2 Å². The van der Waals surface area contributed by atoms with Crippen molar-refractivity contribution in [1.82, 2.24) is 10.2 Å². The van der Waals surface area contributed by atoms with E-state index in [-0.39, 0.29) is 11.2 Å². The number of benzene rings is 2. The molecule has 0 saturated heterocycles. The number of anilines is 3. The third-order valence-corrected chi connectivity index (χ3v) is 5.90. The maximum atomic E-state index is 12.6. The van der Waals surface area contributed by atoms with Gasteiger partial charge in [0.2, 0.25) is 11.0 Å². The van der Waals surface area contributed by atoms with E-state index >= 15 is 0 Å². The highest BCUT2D eigenvalue weighted by molar-refractivity contribution is 8.02. The number of aromatic nitrogens is 2. The molecule has 0 spiro atoms. The van der Waals surface area contributed by atoms with Gasteiger partial charge in [0.05, 0.1) is 5.25 Å². The Morgan fingerprint density at radius 1 is 1.12 bits per heavy atom. The van der Waals surface area contributed by atoms with Gasteiger partial charge in [0.1, 0.15) is 0 Å². The van der Waals surface area contributed by atoms with E-state index in [0.29, 0.717) is 0 Å². The van der Waals surface area contributed by atoms with Gasteiger partial charge < -0.3 is 10.2 Å². The molecule has 1 atom stereocenters. The van der Waals surface area contributed by atoms with Crippen LogP contribution in [0, 0.1) is 6.92 Å². The van der Waals surface area contributed by atoms with Crippen LogP contribution >= 0.6 is 23.1 Å². The molecule has 5 nitrogen and oxygen atoms in total. The number of hydrogen-bond acceptors (Lipinski definition) is 6. The summed E-state index contributed by atoms with van der Waals surface area (Å²) in [7, 11) is 1.79. The molecule has 0 bridgehead atoms. The van der Waals surface area contributed by atoms with Crippen LogP contribution in [0.15, 0.2) is 58.9 Å². The number of carbonyl (C=O) groups is 1. The lowest BCUT2D eigenvalue weighted by Gasteiger charge is -2.20. The van der Waals surface area contributed by atoms with Crippen LogP contribution in [0.2, 0.25) is 0 Å². The zero-order chi connectivity index (χ0) is 18.5. The Morgan fingerprint density at radius 2 is 1.81 bits per heavy atom. The van der Waals surface area contributed by atoms with Gasteiger partial charge in [-0.3, -0.25) is 4.79 Å². The molecule has 0 aliphatic rings. The fourth-order valence-corrected chi connectivity index (χ4v) is 4.39. The van der Waals surface area contributed by atoms with Gasteiger partial charge in [0, 0.05) is 18.4 Å². The highest BCUT2D eigenvalue weighted by atomic mass is 32.2. The molecule has 26 heavy (non-hydrogen) atoms. The molecule has 1 amide bonds. The molecule has 1 heterocycles. The van der Waals surface area contributed by atoms with Crippen molar-refractivity contribution in [3.8, 4) is 0 Å². The molecule has 0 aliphatic heterocycles. The van der Waals surface area contributed by atoms with Gasteiger partial charge in [-0.2, -0.15) is 0 Å². The summed E-state index contributed by atoms with van der Waals surface area (Å²) < 4.78 is 0.767. The second-order valence-corrected chi connectivity index (χ2v) is 8.37.